The van der Waals surface area contributed by atoms with Crippen LogP contribution in [-0.2, 0) is 11.3 Å². The van der Waals surface area contributed by atoms with Gasteiger partial charge in [-0.1, -0.05) is 86.6 Å². The third-order valence-corrected chi connectivity index (χ3v) is 7.28. The number of carbonyl (C=O) groups excluding carboxylic acids is 1. The van der Waals surface area contributed by atoms with Crippen molar-refractivity contribution in [2.75, 3.05) is 5.75 Å². The summed E-state index contributed by atoms with van der Waals surface area (Å²) in [5.41, 5.74) is 6.52. The third-order valence-electron chi connectivity index (χ3n) is 6.04. The zero-order valence-electron chi connectivity index (χ0n) is 18.9. The fourth-order valence-electron chi connectivity index (χ4n) is 4.19. The Morgan fingerprint density at radius 1 is 0.939 bits per heavy atom. The molecular formula is C28H27N3OS. The highest BCUT2D eigenvalue weighted by molar-refractivity contribution is 8.00. The first kappa shape index (κ1) is 21.5. The second-order valence-electron chi connectivity index (χ2n) is 8.66. The third kappa shape index (κ3) is 4.46. The number of benzene rings is 3. The smallest absolute Gasteiger partial charge is 0.234 e. The molecule has 3 aromatic carbocycles. The maximum atomic E-state index is 12.9. The van der Waals surface area contributed by atoms with Crippen molar-refractivity contribution in [2.24, 2.45) is 0 Å². The molecule has 1 amide bonds. The standard InChI is InChI=1S/C28H27N3OS/c1-20(2)22-13-15-23(16-14-22)27-25(18-31(29-27)24-11-7-4-8-12-24)28-30(26(32)19-33-28)17-21-9-5-3-6-10-21/h3-16,18,20,28H,17,19H2,1-2H3/t28-/m1/s1. The van der Waals surface area contributed by atoms with Crippen molar-refractivity contribution >= 4 is 17.7 Å². The van der Waals surface area contributed by atoms with E-state index in [1.165, 1.54) is 5.56 Å². The van der Waals surface area contributed by atoms with Crippen LogP contribution < -0.4 is 0 Å². The van der Waals surface area contributed by atoms with E-state index in [0.29, 0.717) is 18.2 Å². The number of amides is 1. The Morgan fingerprint density at radius 3 is 2.27 bits per heavy atom. The van der Waals surface area contributed by atoms with Gasteiger partial charge in [-0.05, 0) is 29.2 Å². The van der Waals surface area contributed by atoms with Gasteiger partial charge in [0.05, 0.1) is 17.1 Å². The predicted octanol–water partition coefficient (Wildman–Crippen LogP) is 6.44. The van der Waals surface area contributed by atoms with Gasteiger partial charge in [-0.2, -0.15) is 5.10 Å². The molecule has 0 saturated carbocycles. The lowest BCUT2D eigenvalue weighted by Gasteiger charge is -2.24. The summed E-state index contributed by atoms with van der Waals surface area (Å²) in [4.78, 5) is 14.9. The first-order valence-electron chi connectivity index (χ1n) is 11.3. The van der Waals surface area contributed by atoms with Crippen LogP contribution in [0.15, 0.2) is 91.1 Å². The molecule has 0 aliphatic carbocycles. The van der Waals surface area contributed by atoms with E-state index in [1.807, 2.05) is 46.0 Å². The molecule has 166 valence electrons. The minimum Gasteiger partial charge on any atom is -0.321 e. The number of carbonyl (C=O) groups is 1. The number of thioether (sulfide) groups is 1. The first-order valence-corrected chi connectivity index (χ1v) is 12.4. The van der Waals surface area contributed by atoms with E-state index in [0.717, 1.165) is 28.1 Å². The molecule has 1 aliphatic heterocycles. The van der Waals surface area contributed by atoms with E-state index >= 15 is 0 Å². The van der Waals surface area contributed by atoms with E-state index < -0.39 is 0 Å². The Bertz CT molecular complexity index is 1230. The molecule has 1 atom stereocenters. The summed E-state index contributed by atoms with van der Waals surface area (Å²) < 4.78 is 1.94. The Hall–Kier alpha value is -3.31. The summed E-state index contributed by atoms with van der Waals surface area (Å²) in [5.74, 6) is 1.13. The molecule has 0 unspecified atom stereocenters. The van der Waals surface area contributed by atoms with E-state index in [1.54, 1.807) is 11.8 Å². The Labute approximate surface area is 199 Å². The Balaban J connectivity index is 1.57. The summed E-state index contributed by atoms with van der Waals surface area (Å²) in [6.45, 7) is 5.00. The van der Waals surface area contributed by atoms with Gasteiger partial charge in [-0.15, -0.1) is 11.8 Å². The van der Waals surface area contributed by atoms with E-state index in [-0.39, 0.29) is 11.3 Å². The lowest BCUT2D eigenvalue weighted by molar-refractivity contribution is -0.128. The van der Waals surface area contributed by atoms with Crippen molar-refractivity contribution in [3.63, 3.8) is 0 Å². The van der Waals surface area contributed by atoms with Crippen LogP contribution in [0.25, 0.3) is 16.9 Å². The highest BCUT2D eigenvalue weighted by Crippen LogP contribution is 2.43. The van der Waals surface area contributed by atoms with Crippen LogP contribution in [0.5, 0.6) is 0 Å². The fraction of sp³-hybridized carbons (Fsp3) is 0.214. The van der Waals surface area contributed by atoms with E-state index in [4.69, 9.17) is 5.10 Å². The molecule has 0 spiro atoms. The number of hydrogen-bond acceptors (Lipinski definition) is 3. The molecule has 0 N–H and O–H groups in total. The summed E-state index contributed by atoms with van der Waals surface area (Å²) in [5, 5.41) is 4.93. The summed E-state index contributed by atoms with van der Waals surface area (Å²) in [6, 6.07) is 29.0. The van der Waals surface area contributed by atoms with Crippen LogP contribution in [0.2, 0.25) is 0 Å². The normalized spacial score (nSPS) is 16.0. The lowest BCUT2D eigenvalue weighted by atomic mass is 9.99. The van der Waals surface area contributed by atoms with Crippen molar-refractivity contribution in [1.29, 1.82) is 0 Å². The molecule has 1 aromatic heterocycles. The summed E-state index contributed by atoms with van der Waals surface area (Å²) in [6.07, 6.45) is 2.09. The quantitative estimate of drug-likeness (QED) is 0.337. The number of hydrogen-bond donors (Lipinski definition) is 0. The zero-order chi connectivity index (χ0) is 22.8. The SMILES string of the molecule is CC(C)c1ccc(-c2nn(-c3ccccc3)cc2[C@H]2SCC(=O)N2Cc2ccccc2)cc1. The molecule has 1 fully saturated rings. The van der Waals surface area contributed by atoms with Crippen molar-refractivity contribution in [3.8, 4) is 16.9 Å². The first-order chi connectivity index (χ1) is 16.1. The van der Waals surface area contributed by atoms with Crippen molar-refractivity contribution in [3.05, 3.63) is 108 Å². The Kier molecular flexibility index (Phi) is 6.05. The minimum atomic E-state index is -0.0741. The number of nitrogens with zero attached hydrogens (tertiary/aromatic N) is 3. The maximum absolute atomic E-state index is 12.9. The highest BCUT2D eigenvalue weighted by atomic mass is 32.2. The van der Waals surface area contributed by atoms with Gasteiger partial charge in [0.2, 0.25) is 5.91 Å². The molecular weight excluding hydrogens is 426 g/mol. The van der Waals surface area contributed by atoms with Crippen LogP contribution in [-0.4, -0.2) is 26.3 Å². The van der Waals surface area contributed by atoms with Crippen molar-refractivity contribution < 1.29 is 4.79 Å². The fourth-order valence-corrected chi connectivity index (χ4v) is 5.38. The van der Waals surface area contributed by atoms with Gasteiger partial charge in [-0.25, -0.2) is 4.68 Å². The second kappa shape index (κ2) is 9.28. The zero-order valence-corrected chi connectivity index (χ0v) is 19.7. The van der Waals surface area contributed by atoms with Crippen LogP contribution in [0.4, 0.5) is 0 Å². The van der Waals surface area contributed by atoms with Gasteiger partial charge < -0.3 is 4.90 Å². The molecule has 1 saturated heterocycles. The van der Waals surface area contributed by atoms with Gasteiger partial charge in [0.15, 0.2) is 0 Å². The average molecular weight is 454 g/mol. The largest absolute Gasteiger partial charge is 0.321 e. The van der Waals surface area contributed by atoms with Crippen LogP contribution in [0.1, 0.15) is 41.8 Å². The van der Waals surface area contributed by atoms with Gasteiger partial charge in [0.1, 0.15) is 5.37 Å². The van der Waals surface area contributed by atoms with Crippen LogP contribution in [0, 0.1) is 0 Å². The number of rotatable bonds is 6. The van der Waals surface area contributed by atoms with Crippen molar-refractivity contribution in [1.82, 2.24) is 14.7 Å². The monoisotopic (exact) mass is 453 g/mol. The van der Waals surface area contributed by atoms with Crippen LogP contribution >= 0.6 is 11.8 Å². The lowest BCUT2D eigenvalue weighted by Crippen LogP contribution is -2.27. The maximum Gasteiger partial charge on any atom is 0.234 e. The molecule has 2 heterocycles. The molecule has 5 rings (SSSR count). The summed E-state index contributed by atoms with van der Waals surface area (Å²) in [7, 11) is 0. The molecule has 4 aromatic rings. The molecule has 1 aliphatic rings. The molecule has 4 nitrogen and oxygen atoms in total. The molecule has 0 bridgehead atoms. The topological polar surface area (TPSA) is 38.1 Å². The van der Waals surface area contributed by atoms with Crippen molar-refractivity contribution in [2.45, 2.75) is 31.7 Å². The average Bonchev–Trinajstić information content (AvgIpc) is 3.44. The van der Waals surface area contributed by atoms with Gasteiger partial charge in [-0.3, -0.25) is 4.79 Å². The number of para-hydroxylation sites is 1. The molecule has 33 heavy (non-hydrogen) atoms. The van der Waals surface area contributed by atoms with Gasteiger partial charge >= 0.3 is 0 Å². The molecule has 5 heteroatoms. The number of aromatic nitrogens is 2. The van der Waals surface area contributed by atoms with E-state index in [9.17, 15) is 4.79 Å². The predicted molar refractivity (Wildman–Crippen MR) is 135 cm³/mol. The molecule has 0 radical (unpaired) electrons. The minimum absolute atomic E-state index is 0.0741. The Morgan fingerprint density at radius 2 is 1.61 bits per heavy atom. The van der Waals surface area contributed by atoms with E-state index in [2.05, 4.69) is 68.6 Å². The second-order valence-corrected chi connectivity index (χ2v) is 9.73. The summed E-state index contributed by atoms with van der Waals surface area (Å²) >= 11 is 1.68. The van der Waals surface area contributed by atoms with Crippen LogP contribution in [0.3, 0.4) is 0 Å². The highest BCUT2D eigenvalue weighted by Gasteiger charge is 2.35. The van der Waals surface area contributed by atoms with Gasteiger partial charge in [0, 0.05) is 23.9 Å². The van der Waals surface area contributed by atoms with Gasteiger partial charge in [0.25, 0.3) is 0 Å².